The molecule has 0 bridgehead atoms. The number of rotatable bonds is 2. The molecule has 0 atom stereocenters. The van der Waals surface area contributed by atoms with Gasteiger partial charge in [-0.05, 0) is 24.1 Å². The van der Waals surface area contributed by atoms with Crippen LogP contribution in [-0.4, -0.2) is 13.0 Å². The average molecular weight is 224 g/mol. The monoisotopic (exact) mass is 224 g/mol. The van der Waals surface area contributed by atoms with Crippen LogP contribution < -0.4 is 51.4 Å². The number of hydrogen-bond acceptors (Lipinski definition) is 3. The summed E-state index contributed by atoms with van der Waals surface area (Å²) in [5.74, 6) is 0. The Morgan fingerprint density at radius 2 is 1.69 bits per heavy atom. The van der Waals surface area contributed by atoms with Gasteiger partial charge in [-0.3, -0.25) is 0 Å². The van der Waals surface area contributed by atoms with E-state index in [9.17, 15) is 13.0 Å². The molecule has 0 heterocycles. The van der Waals surface area contributed by atoms with Gasteiger partial charge in [-0.1, -0.05) is 19.1 Å². The zero-order chi connectivity index (χ0) is 9.19. The number of benzene rings is 1. The molecule has 13 heavy (non-hydrogen) atoms. The van der Waals surface area contributed by atoms with Gasteiger partial charge in [-0.15, -0.1) is 0 Å². The van der Waals surface area contributed by atoms with E-state index in [-0.39, 0.29) is 56.3 Å². The fourth-order valence-electron chi connectivity index (χ4n) is 0.892. The Balaban J connectivity index is 0.00000144. The Hall–Kier alpha value is 0.766. The topological polar surface area (TPSA) is 57.2 Å². The van der Waals surface area contributed by atoms with Gasteiger partial charge in [0.25, 0.3) is 0 Å². The summed E-state index contributed by atoms with van der Waals surface area (Å²) in [6, 6.07) is 5.96. The molecule has 1 rings (SSSR count). The molecule has 3 nitrogen and oxygen atoms in total. The van der Waals surface area contributed by atoms with Crippen molar-refractivity contribution < 1.29 is 64.4 Å². The van der Waals surface area contributed by atoms with E-state index in [1.54, 1.807) is 12.1 Å². The third-order valence-corrected chi connectivity index (χ3v) is 2.47. The van der Waals surface area contributed by atoms with Crippen molar-refractivity contribution in [2.45, 2.75) is 18.2 Å². The first kappa shape index (κ1) is 13.8. The van der Waals surface area contributed by atoms with Gasteiger partial charge >= 0.3 is 51.4 Å². The van der Waals surface area contributed by atoms with Crippen LogP contribution in [0.25, 0.3) is 0 Å². The van der Waals surface area contributed by atoms with Crippen molar-refractivity contribution in [3.63, 3.8) is 0 Å². The van der Waals surface area contributed by atoms with Crippen molar-refractivity contribution in [1.82, 2.24) is 0 Å². The molecule has 0 fully saturated rings. The summed E-state index contributed by atoms with van der Waals surface area (Å²) < 4.78 is 31.4. The molecule has 0 aliphatic carbocycles. The van der Waals surface area contributed by atoms with Crippen molar-refractivity contribution in [2.75, 3.05) is 0 Å². The van der Waals surface area contributed by atoms with E-state index in [0.717, 1.165) is 12.0 Å². The van der Waals surface area contributed by atoms with Gasteiger partial charge in [0.2, 0.25) is 0 Å². The molecule has 0 aliphatic rings. The molecule has 0 amide bonds. The third-order valence-electron chi connectivity index (χ3n) is 1.62. The van der Waals surface area contributed by atoms with E-state index in [1.165, 1.54) is 12.1 Å². The van der Waals surface area contributed by atoms with Crippen molar-refractivity contribution in [3.05, 3.63) is 29.8 Å². The van der Waals surface area contributed by atoms with Crippen LogP contribution in [0.15, 0.2) is 29.2 Å². The second kappa shape index (κ2) is 5.60. The van der Waals surface area contributed by atoms with Crippen molar-refractivity contribution in [2.24, 2.45) is 0 Å². The van der Waals surface area contributed by atoms with Gasteiger partial charge < -0.3 is 4.55 Å². The second-order valence-electron chi connectivity index (χ2n) is 2.45. The summed E-state index contributed by atoms with van der Waals surface area (Å²) in [6.45, 7) is 1.96. The van der Waals surface area contributed by atoms with Crippen LogP contribution in [0.1, 0.15) is 12.5 Å². The van der Waals surface area contributed by atoms with E-state index in [4.69, 9.17) is 0 Å². The first-order valence-corrected chi connectivity index (χ1v) is 4.99. The molecule has 0 aromatic heterocycles. The van der Waals surface area contributed by atoms with Crippen LogP contribution in [0.4, 0.5) is 0 Å². The predicted molar refractivity (Wildman–Crippen MR) is 43.8 cm³/mol. The smallest absolute Gasteiger partial charge is 0.744 e. The van der Waals surface area contributed by atoms with E-state index in [0.29, 0.717) is 0 Å². The van der Waals surface area contributed by atoms with Gasteiger partial charge in [0.05, 0.1) is 4.90 Å². The molecule has 5 heteroatoms. The molecule has 0 saturated heterocycles. The van der Waals surface area contributed by atoms with Crippen LogP contribution in [0, 0.1) is 0 Å². The van der Waals surface area contributed by atoms with Crippen LogP contribution in [0.3, 0.4) is 0 Å². The molecule has 0 unspecified atom stereocenters. The van der Waals surface area contributed by atoms with Crippen molar-refractivity contribution in [1.29, 1.82) is 0 Å². The predicted octanol–water partition coefficient (Wildman–Crippen LogP) is -1.84. The van der Waals surface area contributed by atoms with Crippen LogP contribution in [0.2, 0.25) is 0 Å². The summed E-state index contributed by atoms with van der Waals surface area (Å²) in [4.78, 5) is -0.167. The van der Waals surface area contributed by atoms with Crippen molar-refractivity contribution >= 4 is 10.1 Å². The standard InChI is InChI=1S/C8H10O3S.K/c1-2-7-3-5-8(6-4-7)12(9,10)11;/h3-6H,2H2,1H3,(H,9,10,11);/q;+1/p-1. The average Bonchev–Trinajstić information content (AvgIpc) is 2.03. The van der Waals surface area contributed by atoms with Gasteiger partial charge in [-0.25, -0.2) is 8.42 Å². The Morgan fingerprint density at radius 3 is 2.00 bits per heavy atom. The van der Waals surface area contributed by atoms with Crippen LogP contribution in [0.5, 0.6) is 0 Å². The largest absolute Gasteiger partial charge is 1.00 e. The molecule has 1 aromatic carbocycles. The first-order valence-electron chi connectivity index (χ1n) is 3.59. The number of aryl methyl sites for hydroxylation is 1. The molecule has 0 spiro atoms. The molecule has 0 radical (unpaired) electrons. The maximum Gasteiger partial charge on any atom is 1.00 e. The fourth-order valence-corrected chi connectivity index (χ4v) is 1.36. The SMILES string of the molecule is CCc1ccc(S(=O)(=O)[O-])cc1.[K+]. The third kappa shape index (κ3) is 4.20. The summed E-state index contributed by atoms with van der Waals surface area (Å²) in [5, 5.41) is 0. The van der Waals surface area contributed by atoms with Crippen LogP contribution in [-0.2, 0) is 16.5 Å². The molecule has 66 valence electrons. The van der Waals surface area contributed by atoms with Gasteiger partial charge in [0, 0.05) is 0 Å². The minimum atomic E-state index is -4.28. The Morgan fingerprint density at radius 1 is 1.23 bits per heavy atom. The van der Waals surface area contributed by atoms with E-state index < -0.39 is 10.1 Å². The molecule has 0 saturated carbocycles. The molecule has 1 aromatic rings. The van der Waals surface area contributed by atoms with Gasteiger partial charge in [-0.2, -0.15) is 0 Å². The molecular weight excluding hydrogens is 215 g/mol. The molecule has 0 N–H and O–H groups in total. The van der Waals surface area contributed by atoms with E-state index in [1.807, 2.05) is 6.92 Å². The Bertz CT molecular complexity index is 355. The van der Waals surface area contributed by atoms with Crippen molar-refractivity contribution in [3.8, 4) is 0 Å². The van der Waals surface area contributed by atoms with Gasteiger partial charge in [0.15, 0.2) is 0 Å². The van der Waals surface area contributed by atoms with E-state index >= 15 is 0 Å². The van der Waals surface area contributed by atoms with Gasteiger partial charge in [0.1, 0.15) is 10.1 Å². The van der Waals surface area contributed by atoms with Crippen LogP contribution >= 0.6 is 0 Å². The number of hydrogen-bond donors (Lipinski definition) is 0. The summed E-state index contributed by atoms with van der Waals surface area (Å²) >= 11 is 0. The Labute approximate surface area is 121 Å². The summed E-state index contributed by atoms with van der Waals surface area (Å²) in [6.07, 6.45) is 0.833. The molecular formula is C8H9KO3S. The molecule has 0 aliphatic heterocycles. The minimum absolute atomic E-state index is 0. The normalized spacial score (nSPS) is 10.6. The first-order chi connectivity index (χ1) is 5.54. The summed E-state index contributed by atoms with van der Waals surface area (Å²) in [7, 11) is -4.28. The quantitative estimate of drug-likeness (QED) is 0.438. The summed E-state index contributed by atoms with van der Waals surface area (Å²) in [5.41, 5.74) is 1.02. The Kier molecular flexibility index (Phi) is 5.93. The maximum atomic E-state index is 10.5. The zero-order valence-corrected chi connectivity index (χ0v) is 11.6. The zero-order valence-electron chi connectivity index (χ0n) is 7.65. The minimum Gasteiger partial charge on any atom is -0.744 e. The van der Waals surface area contributed by atoms with E-state index in [2.05, 4.69) is 0 Å². The second-order valence-corrected chi connectivity index (χ2v) is 3.83. The fraction of sp³-hybridized carbons (Fsp3) is 0.250. The maximum absolute atomic E-state index is 10.5.